The predicted molar refractivity (Wildman–Crippen MR) is 112 cm³/mol. The minimum absolute atomic E-state index is 0.122. The third kappa shape index (κ3) is 5.62. The van der Waals surface area contributed by atoms with E-state index in [1.807, 2.05) is 0 Å². The molecule has 0 saturated heterocycles. The molecule has 1 fully saturated rings. The van der Waals surface area contributed by atoms with Crippen molar-refractivity contribution >= 4 is 33.4 Å². The highest BCUT2D eigenvalue weighted by Gasteiger charge is 2.45. The number of halogens is 1. The average Bonchev–Trinajstić information content (AvgIpc) is 2.98. The van der Waals surface area contributed by atoms with Gasteiger partial charge in [0, 0.05) is 5.69 Å². The Kier molecular flexibility index (Phi) is 5.99. The molecule has 8 nitrogen and oxygen atoms in total. The van der Waals surface area contributed by atoms with Gasteiger partial charge in [-0.25, -0.2) is 17.6 Å². The number of nitrogens with zero attached hydrogens (tertiary/aromatic N) is 1. The highest BCUT2D eigenvalue weighted by Crippen LogP contribution is 2.46. The molecule has 1 spiro atoms. The summed E-state index contributed by atoms with van der Waals surface area (Å²) >= 11 is 0. The number of amides is 1. The minimum atomic E-state index is -3.61. The zero-order valence-electron chi connectivity index (χ0n) is 17.6. The average molecular weight is 442 g/mol. The van der Waals surface area contributed by atoms with Gasteiger partial charge >= 0.3 is 6.09 Å². The maximum absolute atomic E-state index is 14.0. The Morgan fingerprint density at radius 1 is 1.30 bits per heavy atom. The van der Waals surface area contributed by atoms with Gasteiger partial charge < -0.3 is 9.57 Å². The maximum Gasteiger partial charge on any atom is 0.418 e. The largest absolute Gasteiger partial charge is 0.418 e. The number of nitrogens with one attached hydrogen (secondary N) is 2. The van der Waals surface area contributed by atoms with E-state index in [9.17, 15) is 17.6 Å². The summed E-state index contributed by atoms with van der Waals surface area (Å²) in [5.41, 5.74) is -0.251. The standard InChI is InChI=1S/C20H28FN3O5S/c1-19(2,3)13-7-9-20(10-8-13)12-17(23-29-20)28-18(25)22-14-5-6-16(15(21)11-14)24-30(4,26)27/h5-6,11,13,24H,7-10,12H2,1-4H3,(H,22,25). The number of carbonyl (C=O) groups excluding carboxylic acids is 1. The van der Waals surface area contributed by atoms with Crippen LogP contribution in [0.5, 0.6) is 0 Å². The zero-order chi connectivity index (χ0) is 22.2. The fourth-order valence-corrected chi connectivity index (χ4v) is 4.51. The fraction of sp³-hybridized carbons (Fsp3) is 0.600. The summed E-state index contributed by atoms with van der Waals surface area (Å²) in [7, 11) is -3.61. The summed E-state index contributed by atoms with van der Waals surface area (Å²) < 4.78 is 43.7. The molecule has 0 unspecified atom stereocenters. The first-order valence-electron chi connectivity index (χ1n) is 9.86. The summed E-state index contributed by atoms with van der Waals surface area (Å²) in [5, 5.41) is 6.34. The molecule has 166 valence electrons. The van der Waals surface area contributed by atoms with Crippen LogP contribution in [0.2, 0.25) is 0 Å². The van der Waals surface area contributed by atoms with E-state index >= 15 is 0 Å². The van der Waals surface area contributed by atoms with Crippen molar-refractivity contribution in [3.63, 3.8) is 0 Å². The Morgan fingerprint density at radius 3 is 2.53 bits per heavy atom. The number of carbonyl (C=O) groups is 1. The molecular formula is C20H28FN3O5S. The number of hydrogen-bond donors (Lipinski definition) is 2. The molecule has 1 saturated carbocycles. The third-order valence-electron chi connectivity index (χ3n) is 5.66. The molecule has 1 aliphatic heterocycles. The van der Waals surface area contributed by atoms with E-state index in [2.05, 4.69) is 36.0 Å². The van der Waals surface area contributed by atoms with Crippen LogP contribution >= 0.6 is 0 Å². The number of hydrogen-bond acceptors (Lipinski definition) is 6. The zero-order valence-corrected chi connectivity index (χ0v) is 18.4. The van der Waals surface area contributed by atoms with E-state index in [0.717, 1.165) is 38.0 Å². The van der Waals surface area contributed by atoms with Gasteiger partial charge in [0.1, 0.15) is 11.4 Å². The molecule has 0 aromatic heterocycles. The number of rotatable bonds is 3. The number of oxime groups is 1. The summed E-state index contributed by atoms with van der Waals surface area (Å²) in [6.45, 7) is 6.73. The first-order valence-corrected chi connectivity index (χ1v) is 11.8. The lowest BCUT2D eigenvalue weighted by Gasteiger charge is -2.40. The Labute approximate surface area is 176 Å². The Bertz CT molecular complexity index is 948. The Balaban J connectivity index is 1.52. The second-order valence-electron chi connectivity index (χ2n) is 9.16. The van der Waals surface area contributed by atoms with Gasteiger partial charge in [0.15, 0.2) is 0 Å². The smallest absolute Gasteiger partial charge is 0.392 e. The SMILES string of the molecule is CC(C)(C)C1CCC2(CC1)CC(OC(=O)Nc1ccc(NS(C)(=O)=O)c(F)c1)=NO2. The minimum Gasteiger partial charge on any atom is -0.392 e. The lowest BCUT2D eigenvalue weighted by Crippen LogP contribution is -2.38. The van der Waals surface area contributed by atoms with E-state index in [-0.39, 0.29) is 22.7 Å². The molecule has 1 heterocycles. The molecule has 1 aliphatic carbocycles. The van der Waals surface area contributed by atoms with Crippen molar-refractivity contribution in [1.29, 1.82) is 0 Å². The molecule has 1 aromatic carbocycles. The van der Waals surface area contributed by atoms with Crippen molar-refractivity contribution in [2.45, 2.75) is 58.5 Å². The fourth-order valence-electron chi connectivity index (χ4n) is 3.95. The van der Waals surface area contributed by atoms with Gasteiger partial charge in [-0.05, 0) is 55.2 Å². The van der Waals surface area contributed by atoms with Crippen LogP contribution in [-0.2, 0) is 19.6 Å². The van der Waals surface area contributed by atoms with Crippen LogP contribution in [-0.4, -0.2) is 32.3 Å². The molecule has 1 amide bonds. The second kappa shape index (κ2) is 8.05. The lowest BCUT2D eigenvalue weighted by atomic mass is 9.68. The monoisotopic (exact) mass is 441 g/mol. The van der Waals surface area contributed by atoms with Crippen molar-refractivity contribution in [3.05, 3.63) is 24.0 Å². The molecule has 3 rings (SSSR count). The topological polar surface area (TPSA) is 106 Å². The predicted octanol–water partition coefficient (Wildman–Crippen LogP) is 4.45. The van der Waals surface area contributed by atoms with E-state index in [1.54, 1.807) is 0 Å². The molecule has 0 atom stereocenters. The first-order chi connectivity index (χ1) is 13.9. The summed E-state index contributed by atoms with van der Waals surface area (Å²) in [4.78, 5) is 17.8. The van der Waals surface area contributed by atoms with Gasteiger partial charge in [-0.15, -0.1) is 0 Å². The second-order valence-corrected chi connectivity index (χ2v) is 10.9. The summed E-state index contributed by atoms with van der Waals surface area (Å²) in [6.07, 6.45) is 4.30. The highest BCUT2D eigenvalue weighted by molar-refractivity contribution is 7.92. The van der Waals surface area contributed by atoms with Crippen molar-refractivity contribution in [1.82, 2.24) is 0 Å². The molecule has 0 bridgehead atoms. The van der Waals surface area contributed by atoms with E-state index in [1.165, 1.54) is 12.1 Å². The van der Waals surface area contributed by atoms with Crippen LogP contribution in [0.3, 0.4) is 0 Å². The number of benzene rings is 1. The maximum atomic E-state index is 14.0. The van der Waals surface area contributed by atoms with Gasteiger partial charge in [-0.2, -0.15) is 0 Å². The molecule has 30 heavy (non-hydrogen) atoms. The van der Waals surface area contributed by atoms with Gasteiger partial charge in [0.05, 0.1) is 18.4 Å². The van der Waals surface area contributed by atoms with Crippen molar-refractivity contribution < 1.29 is 27.2 Å². The number of anilines is 2. The van der Waals surface area contributed by atoms with Gasteiger partial charge in [-0.1, -0.05) is 25.9 Å². The van der Waals surface area contributed by atoms with Crippen molar-refractivity contribution in [3.8, 4) is 0 Å². The Morgan fingerprint density at radius 2 is 1.97 bits per heavy atom. The van der Waals surface area contributed by atoms with Crippen LogP contribution in [0.25, 0.3) is 0 Å². The molecule has 2 aliphatic rings. The third-order valence-corrected chi connectivity index (χ3v) is 6.25. The number of ether oxygens (including phenoxy) is 1. The number of sulfonamides is 1. The molecule has 10 heteroatoms. The van der Waals surface area contributed by atoms with E-state index in [0.29, 0.717) is 12.3 Å². The van der Waals surface area contributed by atoms with Crippen molar-refractivity contribution in [2.75, 3.05) is 16.3 Å². The molecule has 1 aromatic rings. The van der Waals surface area contributed by atoms with Gasteiger partial charge in [0.2, 0.25) is 15.9 Å². The normalized spacial score (nSPS) is 24.2. The Hall–Kier alpha value is -2.36. The first kappa shape index (κ1) is 22.3. The lowest BCUT2D eigenvalue weighted by molar-refractivity contribution is -0.0640. The van der Waals surface area contributed by atoms with Crippen LogP contribution in [0.15, 0.2) is 23.4 Å². The van der Waals surface area contributed by atoms with Gasteiger partial charge in [0.25, 0.3) is 0 Å². The molecule has 2 N–H and O–H groups in total. The molecular weight excluding hydrogens is 413 g/mol. The molecule has 0 radical (unpaired) electrons. The van der Waals surface area contributed by atoms with Crippen LogP contribution in [0.1, 0.15) is 52.9 Å². The van der Waals surface area contributed by atoms with Gasteiger partial charge in [-0.3, -0.25) is 10.0 Å². The van der Waals surface area contributed by atoms with E-state index < -0.39 is 27.5 Å². The summed E-state index contributed by atoms with van der Waals surface area (Å²) in [6, 6.07) is 3.57. The summed E-state index contributed by atoms with van der Waals surface area (Å²) in [5.74, 6) is -0.0121. The van der Waals surface area contributed by atoms with Crippen molar-refractivity contribution in [2.24, 2.45) is 16.5 Å². The quantitative estimate of drug-likeness (QED) is 0.721. The van der Waals surface area contributed by atoms with E-state index in [4.69, 9.17) is 9.57 Å². The van der Waals surface area contributed by atoms with Crippen LogP contribution in [0, 0.1) is 17.2 Å². The highest BCUT2D eigenvalue weighted by atomic mass is 32.2. The van der Waals surface area contributed by atoms with Crippen LogP contribution < -0.4 is 10.0 Å². The van der Waals surface area contributed by atoms with Crippen LogP contribution in [0.4, 0.5) is 20.6 Å².